The fourth-order valence-electron chi connectivity index (χ4n) is 2.53. The van der Waals surface area contributed by atoms with Crippen LogP contribution in [0.4, 0.5) is 5.69 Å². The minimum Gasteiger partial charge on any atom is -0.492 e. The highest BCUT2D eigenvalue weighted by atomic mass is 32.1. The van der Waals surface area contributed by atoms with Gasteiger partial charge in [0.2, 0.25) is 0 Å². The Hall–Kier alpha value is -1.33. The molecule has 0 aromatic heterocycles. The molecule has 2 N–H and O–H groups in total. The summed E-state index contributed by atoms with van der Waals surface area (Å²) >= 11 is 5.35. The van der Waals surface area contributed by atoms with E-state index in [1.54, 1.807) is 0 Å². The van der Waals surface area contributed by atoms with Crippen molar-refractivity contribution in [1.82, 2.24) is 10.2 Å². The first-order chi connectivity index (χ1) is 10.3. The van der Waals surface area contributed by atoms with E-state index in [2.05, 4.69) is 15.5 Å². The van der Waals surface area contributed by atoms with Gasteiger partial charge in [-0.3, -0.25) is 0 Å². The monoisotopic (exact) mass is 307 g/mol. The van der Waals surface area contributed by atoms with Crippen LogP contribution in [-0.2, 0) is 0 Å². The first-order valence-electron chi connectivity index (χ1n) is 7.78. The Balaban J connectivity index is 1.73. The smallest absolute Gasteiger partial charge is 0.170 e. The van der Waals surface area contributed by atoms with E-state index in [1.165, 1.54) is 32.4 Å². The molecule has 0 amide bonds. The van der Waals surface area contributed by atoms with Gasteiger partial charge >= 0.3 is 0 Å². The molecule has 0 unspecified atom stereocenters. The van der Waals surface area contributed by atoms with Gasteiger partial charge in [0.1, 0.15) is 5.75 Å². The molecule has 1 aromatic carbocycles. The number of ether oxygens (including phenoxy) is 1. The van der Waals surface area contributed by atoms with Crippen molar-refractivity contribution in [2.75, 3.05) is 38.1 Å². The van der Waals surface area contributed by atoms with E-state index in [0.717, 1.165) is 24.5 Å². The molecule has 2 rings (SSSR count). The lowest BCUT2D eigenvalue weighted by Crippen LogP contribution is -2.39. The molecule has 1 saturated heterocycles. The van der Waals surface area contributed by atoms with Crippen molar-refractivity contribution < 1.29 is 4.74 Å². The summed E-state index contributed by atoms with van der Waals surface area (Å²) < 4.78 is 5.58. The summed E-state index contributed by atoms with van der Waals surface area (Å²) in [5, 5.41) is 7.13. The number of anilines is 1. The molecule has 4 nitrogen and oxygen atoms in total. The summed E-state index contributed by atoms with van der Waals surface area (Å²) in [6, 6.07) is 7.86. The fourth-order valence-corrected chi connectivity index (χ4v) is 2.74. The Kier molecular flexibility index (Phi) is 6.76. The molecule has 1 fully saturated rings. The van der Waals surface area contributed by atoms with Gasteiger partial charge in [-0.1, -0.05) is 18.6 Å². The van der Waals surface area contributed by atoms with Crippen LogP contribution in [0.15, 0.2) is 24.3 Å². The topological polar surface area (TPSA) is 36.5 Å². The molecule has 0 radical (unpaired) electrons. The van der Waals surface area contributed by atoms with E-state index in [0.29, 0.717) is 11.7 Å². The van der Waals surface area contributed by atoms with E-state index >= 15 is 0 Å². The molecule has 5 heteroatoms. The van der Waals surface area contributed by atoms with Gasteiger partial charge in [0.05, 0.1) is 12.3 Å². The maximum Gasteiger partial charge on any atom is 0.170 e. The summed E-state index contributed by atoms with van der Waals surface area (Å²) in [6.45, 7) is 6.99. The summed E-state index contributed by atoms with van der Waals surface area (Å²) in [5.74, 6) is 0.834. The number of likely N-dealkylation sites (tertiary alicyclic amines) is 1. The molecule has 0 aliphatic carbocycles. The Labute approximate surface area is 132 Å². The number of hydrogen-bond donors (Lipinski definition) is 2. The third-order valence-electron chi connectivity index (χ3n) is 3.60. The predicted molar refractivity (Wildman–Crippen MR) is 92.1 cm³/mol. The molecule has 0 bridgehead atoms. The summed E-state index contributed by atoms with van der Waals surface area (Å²) in [4.78, 5) is 2.49. The predicted octanol–water partition coefficient (Wildman–Crippen LogP) is 2.86. The first-order valence-corrected chi connectivity index (χ1v) is 8.19. The lowest BCUT2D eigenvalue weighted by Gasteiger charge is -2.26. The SMILES string of the molecule is CCOc1ccccc1NC(=S)NCCN1CCCCC1. The minimum absolute atomic E-state index is 0.647. The lowest BCUT2D eigenvalue weighted by molar-refractivity contribution is 0.232. The van der Waals surface area contributed by atoms with E-state index in [-0.39, 0.29) is 0 Å². The molecule has 1 aliphatic heterocycles. The van der Waals surface area contributed by atoms with Crippen LogP contribution in [0.25, 0.3) is 0 Å². The molecule has 0 saturated carbocycles. The van der Waals surface area contributed by atoms with Crippen molar-refractivity contribution in [3.63, 3.8) is 0 Å². The third-order valence-corrected chi connectivity index (χ3v) is 3.84. The van der Waals surface area contributed by atoms with Gasteiger partial charge in [-0.15, -0.1) is 0 Å². The second kappa shape index (κ2) is 8.85. The zero-order chi connectivity index (χ0) is 14.9. The van der Waals surface area contributed by atoms with E-state index < -0.39 is 0 Å². The molecular formula is C16H25N3OS. The maximum absolute atomic E-state index is 5.58. The summed E-state index contributed by atoms with van der Waals surface area (Å²) in [7, 11) is 0. The van der Waals surface area contributed by atoms with Crippen LogP contribution in [0.1, 0.15) is 26.2 Å². The van der Waals surface area contributed by atoms with Gasteiger partial charge in [-0.05, 0) is 57.2 Å². The Bertz CT molecular complexity index is 447. The quantitative estimate of drug-likeness (QED) is 0.790. The van der Waals surface area contributed by atoms with E-state index in [1.807, 2.05) is 31.2 Å². The highest BCUT2D eigenvalue weighted by molar-refractivity contribution is 7.80. The number of para-hydroxylation sites is 2. The number of nitrogens with zero attached hydrogens (tertiary/aromatic N) is 1. The second-order valence-electron chi connectivity index (χ2n) is 5.21. The molecule has 1 aliphatic rings. The van der Waals surface area contributed by atoms with Gasteiger partial charge in [0.15, 0.2) is 5.11 Å². The van der Waals surface area contributed by atoms with Crippen LogP contribution in [-0.4, -0.2) is 42.8 Å². The molecule has 116 valence electrons. The highest BCUT2D eigenvalue weighted by Gasteiger charge is 2.09. The third kappa shape index (κ3) is 5.52. The normalized spacial score (nSPS) is 15.5. The fraction of sp³-hybridized carbons (Fsp3) is 0.562. The van der Waals surface area contributed by atoms with Crippen molar-refractivity contribution in [2.24, 2.45) is 0 Å². The average molecular weight is 307 g/mol. The van der Waals surface area contributed by atoms with Crippen LogP contribution in [0.2, 0.25) is 0 Å². The molecule has 1 heterocycles. The van der Waals surface area contributed by atoms with Gasteiger partial charge < -0.3 is 20.3 Å². The summed E-state index contributed by atoms with van der Waals surface area (Å²) in [5.41, 5.74) is 0.912. The maximum atomic E-state index is 5.58. The van der Waals surface area contributed by atoms with Crippen molar-refractivity contribution in [3.8, 4) is 5.75 Å². The first kappa shape index (κ1) is 16.0. The number of nitrogens with one attached hydrogen (secondary N) is 2. The number of benzene rings is 1. The van der Waals surface area contributed by atoms with Crippen LogP contribution < -0.4 is 15.4 Å². The van der Waals surface area contributed by atoms with Crippen LogP contribution in [0.5, 0.6) is 5.75 Å². The zero-order valence-electron chi connectivity index (χ0n) is 12.7. The Morgan fingerprint density at radius 2 is 2.00 bits per heavy atom. The van der Waals surface area contributed by atoms with Gasteiger partial charge in [-0.2, -0.15) is 0 Å². The van der Waals surface area contributed by atoms with Gasteiger partial charge in [-0.25, -0.2) is 0 Å². The molecule has 0 spiro atoms. The number of rotatable bonds is 6. The van der Waals surface area contributed by atoms with Crippen molar-refractivity contribution in [2.45, 2.75) is 26.2 Å². The number of thiocarbonyl (C=S) groups is 1. The zero-order valence-corrected chi connectivity index (χ0v) is 13.5. The Morgan fingerprint density at radius 1 is 1.24 bits per heavy atom. The second-order valence-corrected chi connectivity index (χ2v) is 5.62. The van der Waals surface area contributed by atoms with Crippen LogP contribution in [0, 0.1) is 0 Å². The minimum atomic E-state index is 0.647. The van der Waals surface area contributed by atoms with Gasteiger partial charge in [0.25, 0.3) is 0 Å². The summed E-state index contributed by atoms with van der Waals surface area (Å²) in [6.07, 6.45) is 4.02. The number of hydrogen-bond acceptors (Lipinski definition) is 3. The average Bonchev–Trinajstić information content (AvgIpc) is 2.50. The molecule has 0 atom stereocenters. The van der Waals surface area contributed by atoms with Crippen LogP contribution in [0.3, 0.4) is 0 Å². The molecule has 21 heavy (non-hydrogen) atoms. The standard InChI is InChI=1S/C16H25N3OS/c1-2-20-15-9-5-4-8-14(15)18-16(21)17-10-13-19-11-6-3-7-12-19/h4-5,8-9H,2-3,6-7,10-13H2,1H3,(H2,17,18,21). The largest absolute Gasteiger partial charge is 0.492 e. The van der Waals surface area contributed by atoms with Crippen molar-refractivity contribution >= 4 is 23.0 Å². The van der Waals surface area contributed by atoms with Crippen molar-refractivity contribution in [3.05, 3.63) is 24.3 Å². The van der Waals surface area contributed by atoms with E-state index in [4.69, 9.17) is 17.0 Å². The van der Waals surface area contributed by atoms with Crippen LogP contribution >= 0.6 is 12.2 Å². The lowest BCUT2D eigenvalue weighted by atomic mass is 10.1. The molecular weight excluding hydrogens is 282 g/mol. The van der Waals surface area contributed by atoms with E-state index in [9.17, 15) is 0 Å². The molecule has 1 aromatic rings. The number of piperidine rings is 1. The highest BCUT2D eigenvalue weighted by Crippen LogP contribution is 2.23. The van der Waals surface area contributed by atoms with Gasteiger partial charge in [0, 0.05) is 13.1 Å². The Morgan fingerprint density at radius 3 is 2.76 bits per heavy atom. The van der Waals surface area contributed by atoms with Crippen molar-refractivity contribution in [1.29, 1.82) is 0 Å².